The second kappa shape index (κ2) is 5.14. The van der Waals surface area contributed by atoms with Crippen LogP contribution in [0, 0.1) is 5.92 Å². The van der Waals surface area contributed by atoms with E-state index in [0.717, 1.165) is 44.5 Å². The lowest BCUT2D eigenvalue weighted by atomic mass is 9.93. The van der Waals surface area contributed by atoms with Crippen molar-refractivity contribution < 1.29 is 9.21 Å². The summed E-state index contributed by atoms with van der Waals surface area (Å²) in [7, 11) is 0. The SMILES string of the molecule is O=C(CC1CCNC1)NC1CCCc2occc21. The number of aryl methyl sites for hydroxylation is 1. The number of furan rings is 1. The van der Waals surface area contributed by atoms with E-state index in [1.807, 2.05) is 6.07 Å². The van der Waals surface area contributed by atoms with E-state index in [0.29, 0.717) is 12.3 Å². The summed E-state index contributed by atoms with van der Waals surface area (Å²) in [5.41, 5.74) is 1.18. The molecule has 0 saturated carbocycles. The highest BCUT2D eigenvalue weighted by molar-refractivity contribution is 5.76. The molecule has 1 aliphatic carbocycles. The molecular weight excluding hydrogens is 228 g/mol. The predicted octanol–water partition coefficient (Wildman–Crippen LogP) is 1.77. The van der Waals surface area contributed by atoms with Gasteiger partial charge in [-0.15, -0.1) is 0 Å². The standard InChI is InChI=1S/C14H20N2O2/c17-14(8-10-4-6-15-9-10)16-12-2-1-3-13-11(12)5-7-18-13/h5,7,10,12,15H,1-4,6,8-9H2,(H,16,17). The van der Waals surface area contributed by atoms with Gasteiger partial charge in [-0.3, -0.25) is 4.79 Å². The van der Waals surface area contributed by atoms with Crippen molar-refractivity contribution in [3.8, 4) is 0 Å². The Hall–Kier alpha value is -1.29. The van der Waals surface area contributed by atoms with Crippen LogP contribution >= 0.6 is 0 Å². The zero-order valence-electron chi connectivity index (χ0n) is 10.6. The maximum absolute atomic E-state index is 12.0. The molecule has 1 aromatic heterocycles. The topological polar surface area (TPSA) is 54.3 Å². The van der Waals surface area contributed by atoms with Gasteiger partial charge in [0.1, 0.15) is 5.76 Å². The highest BCUT2D eigenvalue weighted by atomic mass is 16.3. The van der Waals surface area contributed by atoms with Crippen LogP contribution in [-0.2, 0) is 11.2 Å². The minimum Gasteiger partial charge on any atom is -0.469 e. The monoisotopic (exact) mass is 248 g/mol. The summed E-state index contributed by atoms with van der Waals surface area (Å²) >= 11 is 0. The first kappa shape index (κ1) is 11.8. The summed E-state index contributed by atoms with van der Waals surface area (Å²) < 4.78 is 5.44. The average molecular weight is 248 g/mol. The van der Waals surface area contributed by atoms with Crippen LogP contribution in [0.2, 0.25) is 0 Å². The Morgan fingerprint density at radius 3 is 3.28 bits per heavy atom. The minimum atomic E-state index is 0.161. The summed E-state index contributed by atoms with van der Waals surface area (Å²) in [5, 5.41) is 6.46. The number of carbonyl (C=O) groups is 1. The number of nitrogens with one attached hydrogen (secondary N) is 2. The molecule has 1 aromatic rings. The molecular formula is C14H20N2O2. The molecule has 0 radical (unpaired) electrons. The van der Waals surface area contributed by atoms with E-state index >= 15 is 0 Å². The first-order valence-electron chi connectivity index (χ1n) is 6.89. The van der Waals surface area contributed by atoms with Gasteiger partial charge in [-0.25, -0.2) is 0 Å². The molecule has 4 nitrogen and oxygen atoms in total. The smallest absolute Gasteiger partial charge is 0.220 e. The Balaban J connectivity index is 1.58. The number of hydrogen-bond acceptors (Lipinski definition) is 3. The summed E-state index contributed by atoms with van der Waals surface area (Å²) in [6, 6.07) is 2.16. The van der Waals surface area contributed by atoms with Crippen molar-refractivity contribution in [2.45, 2.75) is 38.1 Å². The van der Waals surface area contributed by atoms with E-state index in [1.165, 1.54) is 5.56 Å². The van der Waals surface area contributed by atoms with Crippen LogP contribution in [0.1, 0.15) is 43.0 Å². The van der Waals surface area contributed by atoms with Crippen LogP contribution in [0.4, 0.5) is 0 Å². The normalized spacial score (nSPS) is 26.9. The highest BCUT2D eigenvalue weighted by Crippen LogP contribution is 2.30. The lowest BCUT2D eigenvalue weighted by molar-refractivity contribution is -0.122. The van der Waals surface area contributed by atoms with Gasteiger partial charge in [0.05, 0.1) is 12.3 Å². The van der Waals surface area contributed by atoms with E-state index in [4.69, 9.17) is 4.42 Å². The van der Waals surface area contributed by atoms with E-state index < -0.39 is 0 Å². The van der Waals surface area contributed by atoms with Crippen molar-refractivity contribution in [2.75, 3.05) is 13.1 Å². The maximum atomic E-state index is 12.0. The van der Waals surface area contributed by atoms with Crippen LogP contribution in [0.15, 0.2) is 16.7 Å². The molecule has 4 heteroatoms. The zero-order chi connectivity index (χ0) is 12.4. The van der Waals surface area contributed by atoms with Crippen LogP contribution < -0.4 is 10.6 Å². The van der Waals surface area contributed by atoms with E-state index in [-0.39, 0.29) is 11.9 Å². The number of rotatable bonds is 3. The summed E-state index contributed by atoms with van der Waals surface area (Å²) in [5.74, 6) is 1.74. The molecule has 0 bridgehead atoms. The third-order valence-corrected chi connectivity index (χ3v) is 4.02. The molecule has 18 heavy (non-hydrogen) atoms. The van der Waals surface area contributed by atoms with Crippen molar-refractivity contribution in [3.05, 3.63) is 23.7 Å². The van der Waals surface area contributed by atoms with E-state index in [2.05, 4.69) is 10.6 Å². The maximum Gasteiger partial charge on any atom is 0.220 e. The second-order valence-electron chi connectivity index (χ2n) is 5.37. The summed E-state index contributed by atoms with van der Waals surface area (Å²) in [6.07, 6.45) is 6.63. The van der Waals surface area contributed by atoms with Crippen molar-refractivity contribution in [3.63, 3.8) is 0 Å². The molecule has 3 rings (SSSR count). The summed E-state index contributed by atoms with van der Waals surface area (Å²) in [6.45, 7) is 2.03. The van der Waals surface area contributed by atoms with Crippen LogP contribution in [0.25, 0.3) is 0 Å². The van der Waals surface area contributed by atoms with Crippen molar-refractivity contribution in [1.29, 1.82) is 0 Å². The van der Waals surface area contributed by atoms with Gasteiger partial charge in [0.15, 0.2) is 0 Å². The van der Waals surface area contributed by atoms with E-state index in [1.54, 1.807) is 6.26 Å². The second-order valence-corrected chi connectivity index (χ2v) is 5.37. The molecule has 2 aliphatic rings. The third kappa shape index (κ3) is 2.43. The van der Waals surface area contributed by atoms with Gasteiger partial charge in [-0.1, -0.05) is 0 Å². The van der Waals surface area contributed by atoms with Gasteiger partial charge in [-0.05, 0) is 44.3 Å². The number of hydrogen-bond donors (Lipinski definition) is 2. The van der Waals surface area contributed by atoms with Gasteiger partial charge in [0, 0.05) is 18.4 Å². The largest absolute Gasteiger partial charge is 0.469 e. The lowest BCUT2D eigenvalue weighted by Crippen LogP contribution is -2.32. The Kier molecular flexibility index (Phi) is 3.37. The molecule has 2 heterocycles. The lowest BCUT2D eigenvalue weighted by Gasteiger charge is -2.23. The number of amides is 1. The molecule has 1 amide bonds. The quantitative estimate of drug-likeness (QED) is 0.857. The van der Waals surface area contributed by atoms with Gasteiger partial charge in [0.25, 0.3) is 0 Å². The van der Waals surface area contributed by atoms with Gasteiger partial charge in [0.2, 0.25) is 5.91 Å². The average Bonchev–Trinajstić information content (AvgIpc) is 2.99. The van der Waals surface area contributed by atoms with Crippen LogP contribution in [0.3, 0.4) is 0 Å². The fraction of sp³-hybridized carbons (Fsp3) is 0.643. The molecule has 2 atom stereocenters. The minimum absolute atomic E-state index is 0.161. The Bertz CT molecular complexity index is 421. The molecule has 1 aliphatic heterocycles. The molecule has 2 N–H and O–H groups in total. The fourth-order valence-electron chi connectivity index (χ4n) is 3.04. The molecule has 1 saturated heterocycles. The van der Waals surface area contributed by atoms with E-state index in [9.17, 15) is 4.79 Å². The number of fused-ring (bicyclic) bond motifs is 1. The first-order chi connectivity index (χ1) is 8.83. The zero-order valence-corrected chi connectivity index (χ0v) is 10.6. The van der Waals surface area contributed by atoms with Gasteiger partial charge < -0.3 is 15.1 Å². The predicted molar refractivity (Wildman–Crippen MR) is 68.1 cm³/mol. The van der Waals surface area contributed by atoms with Crippen molar-refractivity contribution in [1.82, 2.24) is 10.6 Å². The fourth-order valence-corrected chi connectivity index (χ4v) is 3.04. The third-order valence-electron chi connectivity index (χ3n) is 4.02. The summed E-state index contributed by atoms with van der Waals surface area (Å²) in [4.78, 5) is 12.0. The van der Waals surface area contributed by atoms with Gasteiger partial charge >= 0.3 is 0 Å². The van der Waals surface area contributed by atoms with Crippen molar-refractivity contribution in [2.24, 2.45) is 5.92 Å². The first-order valence-corrected chi connectivity index (χ1v) is 6.89. The molecule has 98 valence electrons. The molecule has 0 aromatic carbocycles. The van der Waals surface area contributed by atoms with Gasteiger partial charge in [-0.2, -0.15) is 0 Å². The Morgan fingerprint density at radius 1 is 1.50 bits per heavy atom. The Morgan fingerprint density at radius 2 is 2.44 bits per heavy atom. The number of carbonyl (C=O) groups excluding carboxylic acids is 1. The molecule has 1 fully saturated rings. The van der Waals surface area contributed by atoms with Crippen LogP contribution in [-0.4, -0.2) is 19.0 Å². The molecule has 0 spiro atoms. The molecule has 2 unspecified atom stereocenters. The van der Waals surface area contributed by atoms with Crippen LogP contribution in [0.5, 0.6) is 0 Å². The Labute approximate surface area is 107 Å². The highest BCUT2D eigenvalue weighted by Gasteiger charge is 2.25. The van der Waals surface area contributed by atoms with Crippen molar-refractivity contribution >= 4 is 5.91 Å².